The van der Waals surface area contributed by atoms with Crippen molar-refractivity contribution in [2.75, 3.05) is 19.8 Å². The maximum absolute atomic E-state index is 11.8. The molecule has 0 amide bonds. The Labute approximate surface area is 112 Å². The highest BCUT2D eigenvalue weighted by Gasteiger charge is 2.15. The van der Waals surface area contributed by atoms with E-state index in [0.717, 1.165) is 17.8 Å². The second kappa shape index (κ2) is 7.85. The van der Waals surface area contributed by atoms with Gasteiger partial charge >= 0.3 is 0 Å². The molecule has 0 aromatic carbocycles. The summed E-state index contributed by atoms with van der Waals surface area (Å²) < 4.78 is 31.7. The summed E-state index contributed by atoms with van der Waals surface area (Å²) in [5.41, 5.74) is 0.617. The zero-order chi connectivity index (χ0) is 13.4. The van der Waals surface area contributed by atoms with Crippen LogP contribution in [0.5, 0.6) is 0 Å². The van der Waals surface area contributed by atoms with Crippen LogP contribution in [-0.2, 0) is 21.4 Å². The molecule has 0 spiro atoms. The van der Waals surface area contributed by atoms with Crippen molar-refractivity contribution in [1.82, 2.24) is 4.72 Å². The highest BCUT2D eigenvalue weighted by atomic mass is 32.2. The minimum absolute atomic E-state index is 0.142. The Bertz CT molecular complexity index is 442. The van der Waals surface area contributed by atoms with Gasteiger partial charge in [0.1, 0.15) is 4.21 Å². The standard InChI is InChI=1S/C11H19NO4S2/c1-2-5-16-6-3-4-12-18(14,15)11-7-10(8-13)9-17-11/h7,9,12-13H,2-6,8H2,1H3. The second-order valence-corrected chi connectivity index (χ2v) is 6.70. The zero-order valence-electron chi connectivity index (χ0n) is 10.4. The summed E-state index contributed by atoms with van der Waals surface area (Å²) in [6, 6.07) is 1.49. The number of nitrogens with one attached hydrogen (secondary N) is 1. The van der Waals surface area contributed by atoms with Gasteiger partial charge in [0.05, 0.1) is 6.61 Å². The molecule has 0 saturated carbocycles. The third-order valence-corrected chi connectivity index (χ3v) is 5.13. The molecule has 1 heterocycles. The van der Waals surface area contributed by atoms with Crippen molar-refractivity contribution in [1.29, 1.82) is 0 Å². The van der Waals surface area contributed by atoms with Crippen LogP contribution in [0, 0.1) is 0 Å². The Morgan fingerprint density at radius 3 is 2.83 bits per heavy atom. The predicted molar refractivity (Wildman–Crippen MR) is 71.2 cm³/mol. The van der Waals surface area contributed by atoms with Gasteiger partial charge in [-0.3, -0.25) is 0 Å². The molecule has 0 bridgehead atoms. The fraction of sp³-hybridized carbons (Fsp3) is 0.636. The molecule has 7 heteroatoms. The first-order valence-electron chi connectivity index (χ1n) is 5.86. The van der Waals surface area contributed by atoms with Crippen molar-refractivity contribution in [2.45, 2.75) is 30.6 Å². The minimum Gasteiger partial charge on any atom is -0.392 e. The second-order valence-electron chi connectivity index (χ2n) is 3.80. The van der Waals surface area contributed by atoms with Gasteiger partial charge in [0.2, 0.25) is 10.0 Å². The van der Waals surface area contributed by atoms with Gasteiger partial charge in [0.15, 0.2) is 0 Å². The monoisotopic (exact) mass is 293 g/mol. The van der Waals surface area contributed by atoms with Gasteiger partial charge in [0, 0.05) is 19.8 Å². The SMILES string of the molecule is CCCOCCCNS(=O)(=O)c1cc(CO)cs1. The Kier molecular flexibility index (Phi) is 6.80. The molecule has 0 aliphatic carbocycles. The molecule has 104 valence electrons. The first-order valence-corrected chi connectivity index (χ1v) is 8.22. The van der Waals surface area contributed by atoms with E-state index in [4.69, 9.17) is 9.84 Å². The van der Waals surface area contributed by atoms with E-state index < -0.39 is 10.0 Å². The molecular formula is C11H19NO4S2. The normalized spacial score (nSPS) is 11.9. The van der Waals surface area contributed by atoms with Crippen LogP contribution in [0.1, 0.15) is 25.3 Å². The third-order valence-electron chi connectivity index (χ3n) is 2.18. The predicted octanol–water partition coefficient (Wildman–Crippen LogP) is 1.34. The van der Waals surface area contributed by atoms with E-state index in [9.17, 15) is 8.42 Å². The molecule has 0 unspecified atom stereocenters. The molecule has 0 radical (unpaired) electrons. The van der Waals surface area contributed by atoms with Crippen LogP contribution in [0.25, 0.3) is 0 Å². The van der Waals surface area contributed by atoms with Crippen molar-refractivity contribution in [2.24, 2.45) is 0 Å². The Balaban J connectivity index is 2.36. The van der Waals surface area contributed by atoms with E-state index in [0.29, 0.717) is 31.7 Å². The lowest BCUT2D eigenvalue weighted by Gasteiger charge is -2.05. The lowest BCUT2D eigenvalue weighted by Crippen LogP contribution is -2.24. The van der Waals surface area contributed by atoms with Crippen molar-refractivity contribution in [3.8, 4) is 0 Å². The average Bonchev–Trinajstić information content (AvgIpc) is 2.83. The molecule has 2 N–H and O–H groups in total. The lowest BCUT2D eigenvalue weighted by molar-refractivity contribution is 0.133. The first kappa shape index (κ1) is 15.6. The maximum atomic E-state index is 11.8. The van der Waals surface area contributed by atoms with Crippen LogP contribution in [0.4, 0.5) is 0 Å². The van der Waals surface area contributed by atoms with Crippen LogP contribution in [0.2, 0.25) is 0 Å². The number of hydrogen-bond donors (Lipinski definition) is 2. The highest BCUT2D eigenvalue weighted by molar-refractivity contribution is 7.91. The van der Waals surface area contributed by atoms with Crippen molar-refractivity contribution in [3.05, 3.63) is 17.0 Å². The number of thiophene rings is 1. The zero-order valence-corrected chi connectivity index (χ0v) is 12.0. The largest absolute Gasteiger partial charge is 0.392 e. The number of sulfonamides is 1. The number of hydrogen-bond acceptors (Lipinski definition) is 5. The van der Waals surface area contributed by atoms with Gasteiger partial charge in [-0.2, -0.15) is 0 Å². The molecule has 5 nitrogen and oxygen atoms in total. The van der Waals surface area contributed by atoms with Gasteiger partial charge < -0.3 is 9.84 Å². The van der Waals surface area contributed by atoms with Crippen LogP contribution in [0.3, 0.4) is 0 Å². The van der Waals surface area contributed by atoms with Crippen LogP contribution >= 0.6 is 11.3 Å². The van der Waals surface area contributed by atoms with Gasteiger partial charge in [0.25, 0.3) is 0 Å². The summed E-state index contributed by atoms with van der Waals surface area (Å²) in [5, 5.41) is 10.5. The Morgan fingerprint density at radius 1 is 1.44 bits per heavy atom. The maximum Gasteiger partial charge on any atom is 0.250 e. The van der Waals surface area contributed by atoms with Crippen molar-refractivity contribution < 1.29 is 18.3 Å². The smallest absolute Gasteiger partial charge is 0.250 e. The third kappa shape index (κ3) is 5.03. The van der Waals surface area contributed by atoms with Gasteiger partial charge in [-0.25, -0.2) is 13.1 Å². The Hall–Kier alpha value is -0.470. The summed E-state index contributed by atoms with van der Waals surface area (Å²) in [5.74, 6) is 0. The van der Waals surface area contributed by atoms with E-state index >= 15 is 0 Å². The highest BCUT2D eigenvalue weighted by Crippen LogP contribution is 2.19. The van der Waals surface area contributed by atoms with Crippen LogP contribution < -0.4 is 4.72 Å². The number of aliphatic hydroxyl groups is 1. The molecule has 0 saturated heterocycles. The summed E-state index contributed by atoms with van der Waals surface area (Å²) in [6.45, 7) is 3.51. The number of aliphatic hydroxyl groups excluding tert-OH is 1. The van der Waals surface area contributed by atoms with Gasteiger partial charge in [-0.05, 0) is 29.9 Å². The molecule has 1 aromatic rings. The van der Waals surface area contributed by atoms with Gasteiger partial charge in [-0.15, -0.1) is 11.3 Å². The summed E-state index contributed by atoms with van der Waals surface area (Å²) >= 11 is 1.11. The first-order chi connectivity index (χ1) is 8.60. The fourth-order valence-electron chi connectivity index (χ4n) is 1.28. The van der Waals surface area contributed by atoms with E-state index in [1.54, 1.807) is 5.38 Å². The summed E-state index contributed by atoms with van der Waals surface area (Å²) in [6.07, 6.45) is 1.61. The van der Waals surface area contributed by atoms with Gasteiger partial charge in [-0.1, -0.05) is 6.92 Å². The van der Waals surface area contributed by atoms with Crippen LogP contribution in [0.15, 0.2) is 15.7 Å². The summed E-state index contributed by atoms with van der Waals surface area (Å²) in [4.78, 5) is 0. The molecule has 0 aliphatic rings. The van der Waals surface area contributed by atoms with Crippen molar-refractivity contribution in [3.63, 3.8) is 0 Å². The number of rotatable bonds is 9. The topological polar surface area (TPSA) is 75.6 Å². The van der Waals surface area contributed by atoms with E-state index in [2.05, 4.69) is 4.72 Å². The van der Waals surface area contributed by atoms with E-state index in [1.807, 2.05) is 6.92 Å². The molecule has 18 heavy (non-hydrogen) atoms. The molecule has 0 aliphatic heterocycles. The number of ether oxygens (including phenoxy) is 1. The minimum atomic E-state index is -3.44. The quantitative estimate of drug-likeness (QED) is 0.674. The fourth-order valence-corrected chi connectivity index (χ4v) is 3.59. The average molecular weight is 293 g/mol. The Morgan fingerprint density at radius 2 is 2.22 bits per heavy atom. The lowest BCUT2D eigenvalue weighted by atomic mass is 10.4. The van der Waals surface area contributed by atoms with E-state index in [1.165, 1.54) is 6.07 Å². The molecule has 0 fully saturated rings. The molecular weight excluding hydrogens is 274 g/mol. The summed E-state index contributed by atoms with van der Waals surface area (Å²) in [7, 11) is -3.44. The molecule has 1 rings (SSSR count). The molecule has 1 aromatic heterocycles. The molecule has 0 atom stereocenters. The van der Waals surface area contributed by atoms with Crippen LogP contribution in [-0.4, -0.2) is 33.3 Å². The van der Waals surface area contributed by atoms with Crippen molar-refractivity contribution >= 4 is 21.4 Å². The van der Waals surface area contributed by atoms with E-state index in [-0.39, 0.29) is 10.8 Å².